The number of ether oxygens (including phenoxy) is 1. The summed E-state index contributed by atoms with van der Waals surface area (Å²) in [4.78, 5) is 13.3. The van der Waals surface area contributed by atoms with Crippen molar-refractivity contribution in [3.05, 3.63) is 35.9 Å². The van der Waals surface area contributed by atoms with E-state index in [0.717, 1.165) is 63.6 Å². The summed E-state index contributed by atoms with van der Waals surface area (Å²) in [5.74, 6) is 3.04. The van der Waals surface area contributed by atoms with Gasteiger partial charge in [-0.25, -0.2) is 0 Å². The third-order valence-electron chi connectivity index (χ3n) is 13.3. The molecule has 0 amide bonds. The third-order valence-corrected chi connectivity index (χ3v) is 13.3. The van der Waals surface area contributed by atoms with E-state index in [4.69, 9.17) is 4.74 Å². The number of rotatable bonds is 6. The van der Waals surface area contributed by atoms with E-state index in [2.05, 4.69) is 50.4 Å². The fraction of sp³-hybridized carbons (Fsp3) is 0.800. The molecule has 5 nitrogen and oxygen atoms in total. The summed E-state index contributed by atoms with van der Waals surface area (Å²) >= 11 is 0. The summed E-state index contributed by atoms with van der Waals surface area (Å²) in [7, 11) is 0. The van der Waals surface area contributed by atoms with Crippen molar-refractivity contribution in [2.75, 3.05) is 13.1 Å². The van der Waals surface area contributed by atoms with Crippen molar-refractivity contribution in [3.63, 3.8) is 0 Å². The summed E-state index contributed by atoms with van der Waals surface area (Å²) in [6, 6.07) is 10.4. The van der Waals surface area contributed by atoms with Gasteiger partial charge in [0.15, 0.2) is 0 Å². The number of hydrogen-bond donors (Lipinski definition) is 3. The molecule has 10 atom stereocenters. The standard InChI is InChI=1S/C35H53NO4/c1-23(9-12-31(39)40-35(17-19-36-20-18-35)24-7-5-4-6-8-24)27-10-11-28-32-29(14-16-34(27,28)3)33(2)15-13-26(37)21-25(33)22-30(32)38/h4-8,23,25-30,32,36-38H,9-22H2,1-3H3/p+1/t23-,25+,26?,27-,28+,29+,30?,32+,33+,34-/m1/s1. The first-order chi connectivity index (χ1) is 19.2. The van der Waals surface area contributed by atoms with E-state index in [-0.39, 0.29) is 29.0 Å². The average Bonchev–Trinajstić information content (AvgIpc) is 3.31. The number of esters is 1. The number of benzene rings is 1. The van der Waals surface area contributed by atoms with Crippen molar-refractivity contribution in [1.29, 1.82) is 0 Å². The van der Waals surface area contributed by atoms with Gasteiger partial charge in [-0.3, -0.25) is 4.79 Å². The Balaban J connectivity index is 1.11. The molecule has 0 bridgehead atoms. The van der Waals surface area contributed by atoms with Gasteiger partial charge in [-0.15, -0.1) is 0 Å². The fourth-order valence-corrected chi connectivity index (χ4v) is 11.1. The number of quaternary nitrogens is 1. The van der Waals surface area contributed by atoms with Gasteiger partial charge in [-0.1, -0.05) is 51.1 Å². The van der Waals surface area contributed by atoms with Crippen LogP contribution in [-0.2, 0) is 15.1 Å². The van der Waals surface area contributed by atoms with Crippen LogP contribution < -0.4 is 5.32 Å². The van der Waals surface area contributed by atoms with Gasteiger partial charge < -0.3 is 20.3 Å². The monoisotopic (exact) mass is 552 g/mol. The molecule has 6 rings (SSSR count). The molecule has 4 aliphatic carbocycles. The highest BCUT2D eigenvalue weighted by Crippen LogP contribution is 2.68. The SMILES string of the molecule is C[C@H](CCC(=O)OC1(c2ccccc2)CC[NH2+]CC1)[C@H]1CC[C@H]2[C@@H]3C(O)C[C@@H]4CC(O)CC[C@]4(C)[C@H]3CC[C@]12C. The Morgan fingerprint density at radius 2 is 1.65 bits per heavy atom. The summed E-state index contributed by atoms with van der Waals surface area (Å²) in [5, 5.41) is 24.2. The maximum absolute atomic E-state index is 13.3. The van der Waals surface area contributed by atoms with Gasteiger partial charge in [-0.2, -0.15) is 0 Å². The molecular formula is C35H54NO4+. The smallest absolute Gasteiger partial charge is 0.306 e. The second-order valence-corrected chi connectivity index (χ2v) is 15.2. The van der Waals surface area contributed by atoms with Crippen LogP contribution in [0, 0.1) is 46.3 Å². The zero-order valence-electron chi connectivity index (χ0n) is 25.2. The number of carbonyl (C=O) groups excluding carboxylic acids is 1. The Labute approximate surface area is 241 Å². The van der Waals surface area contributed by atoms with E-state index in [1.165, 1.54) is 25.7 Å². The molecule has 1 aromatic rings. The second kappa shape index (κ2) is 11.0. The zero-order chi connectivity index (χ0) is 28.1. The highest BCUT2D eigenvalue weighted by molar-refractivity contribution is 5.70. The number of hydrogen-bond acceptors (Lipinski definition) is 4. The molecule has 5 aliphatic rings. The van der Waals surface area contributed by atoms with E-state index in [1.807, 2.05) is 6.07 Å². The predicted molar refractivity (Wildman–Crippen MR) is 156 cm³/mol. The minimum atomic E-state index is -0.473. The molecule has 0 radical (unpaired) electrons. The molecule has 222 valence electrons. The first kappa shape index (κ1) is 28.7. The van der Waals surface area contributed by atoms with Crippen LogP contribution in [0.2, 0.25) is 0 Å². The molecule has 5 heteroatoms. The van der Waals surface area contributed by atoms with Crippen LogP contribution in [0.15, 0.2) is 30.3 Å². The van der Waals surface area contributed by atoms with Gasteiger partial charge in [0.25, 0.3) is 0 Å². The van der Waals surface area contributed by atoms with E-state index in [1.54, 1.807) is 0 Å². The molecule has 1 aliphatic heterocycles. The summed E-state index contributed by atoms with van der Waals surface area (Å²) in [5.41, 5.74) is 1.18. The summed E-state index contributed by atoms with van der Waals surface area (Å²) in [6.07, 6.45) is 11.4. The lowest BCUT2D eigenvalue weighted by atomic mass is 9.43. The van der Waals surface area contributed by atoms with Crippen LogP contribution in [0.5, 0.6) is 0 Å². The third kappa shape index (κ3) is 4.86. The summed E-state index contributed by atoms with van der Waals surface area (Å²) in [6.45, 7) is 9.37. The average molecular weight is 553 g/mol. The Kier molecular flexibility index (Phi) is 7.89. The minimum absolute atomic E-state index is 0.0397. The van der Waals surface area contributed by atoms with E-state index >= 15 is 0 Å². The van der Waals surface area contributed by atoms with Gasteiger partial charge >= 0.3 is 5.97 Å². The van der Waals surface area contributed by atoms with Crippen LogP contribution in [0.3, 0.4) is 0 Å². The molecule has 4 N–H and O–H groups in total. The Hall–Kier alpha value is -1.43. The maximum atomic E-state index is 13.3. The first-order valence-corrected chi connectivity index (χ1v) is 16.6. The molecule has 4 saturated carbocycles. The lowest BCUT2D eigenvalue weighted by Crippen LogP contribution is -2.87. The van der Waals surface area contributed by atoms with Gasteiger partial charge in [-0.05, 0) is 110 Å². The molecule has 1 saturated heterocycles. The van der Waals surface area contributed by atoms with Gasteiger partial charge in [0, 0.05) is 19.3 Å². The fourth-order valence-electron chi connectivity index (χ4n) is 11.1. The summed E-state index contributed by atoms with van der Waals surface area (Å²) < 4.78 is 6.35. The Morgan fingerprint density at radius 1 is 0.950 bits per heavy atom. The molecule has 1 aromatic carbocycles. The van der Waals surface area contributed by atoms with Crippen molar-refractivity contribution in [1.82, 2.24) is 0 Å². The highest BCUT2D eigenvalue weighted by atomic mass is 16.6. The normalized spacial score (nSPS) is 43.2. The topological polar surface area (TPSA) is 83.4 Å². The zero-order valence-corrected chi connectivity index (χ0v) is 25.2. The maximum Gasteiger partial charge on any atom is 0.306 e. The Bertz CT molecular complexity index is 1040. The molecular weight excluding hydrogens is 498 g/mol. The van der Waals surface area contributed by atoms with E-state index in [0.29, 0.717) is 41.9 Å². The van der Waals surface area contributed by atoms with E-state index in [9.17, 15) is 15.0 Å². The predicted octanol–water partition coefficient (Wildman–Crippen LogP) is 5.19. The second-order valence-electron chi connectivity index (χ2n) is 15.2. The Morgan fingerprint density at radius 3 is 2.40 bits per heavy atom. The number of aliphatic hydroxyl groups is 2. The number of carbonyl (C=O) groups is 1. The van der Waals surface area contributed by atoms with Crippen molar-refractivity contribution < 1.29 is 25.1 Å². The van der Waals surface area contributed by atoms with Crippen LogP contribution in [0.4, 0.5) is 0 Å². The molecule has 2 unspecified atom stereocenters. The lowest BCUT2D eigenvalue weighted by Gasteiger charge is -2.62. The quantitative estimate of drug-likeness (QED) is 0.424. The van der Waals surface area contributed by atoms with Crippen molar-refractivity contribution in [2.45, 2.75) is 116 Å². The van der Waals surface area contributed by atoms with Gasteiger partial charge in [0.2, 0.25) is 0 Å². The molecule has 5 fully saturated rings. The number of nitrogens with two attached hydrogens (primary N) is 1. The number of fused-ring (bicyclic) bond motifs is 5. The van der Waals surface area contributed by atoms with Crippen molar-refractivity contribution in [3.8, 4) is 0 Å². The highest BCUT2D eigenvalue weighted by Gasteiger charge is 2.62. The van der Waals surface area contributed by atoms with Crippen molar-refractivity contribution >= 4 is 5.97 Å². The van der Waals surface area contributed by atoms with Crippen LogP contribution in [0.25, 0.3) is 0 Å². The van der Waals surface area contributed by atoms with E-state index < -0.39 is 5.60 Å². The lowest BCUT2D eigenvalue weighted by molar-refractivity contribution is -0.668. The van der Waals surface area contributed by atoms with Crippen molar-refractivity contribution in [2.24, 2.45) is 46.3 Å². The first-order valence-electron chi connectivity index (χ1n) is 16.6. The van der Waals surface area contributed by atoms with Gasteiger partial charge in [0.1, 0.15) is 5.60 Å². The molecule has 0 aromatic heterocycles. The molecule has 40 heavy (non-hydrogen) atoms. The number of aliphatic hydroxyl groups excluding tert-OH is 2. The molecule has 1 heterocycles. The molecule has 0 spiro atoms. The number of piperidine rings is 1. The van der Waals surface area contributed by atoms with Crippen LogP contribution in [0.1, 0.15) is 103 Å². The van der Waals surface area contributed by atoms with Gasteiger partial charge in [0.05, 0.1) is 25.3 Å². The van der Waals surface area contributed by atoms with Crippen LogP contribution in [-0.4, -0.2) is 41.5 Å². The largest absolute Gasteiger partial charge is 0.454 e. The van der Waals surface area contributed by atoms with Crippen LogP contribution >= 0.6 is 0 Å². The minimum Gasteiger partial charge on any atom is -0.454 e.